The van der Waals surface area contributed by atoms with Crippen LogP contribution in [-0.4, -0.2) is 85.4 Å². The SMILES string of the molecule is O=C(O)[C@H](CO)NCC(O)COCCC[SiH2]C(O)O. The van der Waals surface area contributed by atoms with Crippen molar-refractivity contribution >= 4 is 15.5 Å². The van der Waals surface area contributed by atoms with Gasteiger partial charge in [-0.2, -0.15) is 0 Å². The van der Waals surface area contributed by atoms with Gasteiger partial charge >= 0.3 is 5.97 Å². The van der Waals surface area contributed by atoms with Crippen LogP contribution in [0.4, 0.5) is 0 Å². The molecule has 0 aliphatic carbocycles. The number of ether oxygens (including phenoxy) is 1. The average molecular weight is 297 g/mol. The van der Waals surface area contributed by atoms with E-state index in [1.165, 1.54) is 0 Å². The standard InChI is InChI=1S/C10H23NO7Si/c12-5-8(9(14)15)11-4-7(13)6-18-2-1-3-19-10(16)17/h7-8,10-13,16-17H,1-6,19H2,(H,14,15)/t7?,8-/m0/s1. The van der Waals surface area contributed by atoms with Crippen LogP contribution in [0, 0.1) is 0 Å². The first-order chi connectivity index (χ1) is 8.97. The first-order valence-electron chi connectivity index (χ1n) is 6.16. The van der Waals surface area contributed by atoms with Crippen LogP contribution in [0.15, 0.2) is 0 Å². The molecule has 0 heterocycles. The van der Waals surface area contributed by atoms with Crippen molar-refractivity contribution in [2.75, 3.05) is 26.4 Å². The molecular weight excluding hydrogens is 274 g/mol. The van der Waals surface area contributed by atoms with E-state index in [-0.39, 0.29) is 13.2 Å². The van der Waals surface area contributed by atoms with Crippen molar-refractivity contribution in [2.24, 2.45) is 0 Å². The Balaban J connectivity index is 3.48. The molecule has 8 nitrogen and oxygen atoms in total. The number of aliphatic carboxylic acids is 1. The smallest absolute Gasteiger partial charge is 0.323 e. The summed E-state index contributed by atoms with van der Waals surface area (Å²) in [4.78, 5) is 10.6. The van der Waals surface area contributed by atoms with E-state index in [1.54, 1.807) is 0 Å². The van der Waals surface area contributed by atoms with E-state index >= 15 is 0 Å². The van der Waals surface area contributed by atoms with Gasteiger partial charge in [0, 0.05) is 13.2 Å². The van der Waals surface area contributed by atoms with Crippen LogP contribution in [0.3, 0.4) is 0 Å². The summed E-state index contributed by atoms with van der Waals surface area (Å²) in [5.41, 5.74) is 0. The van der Waals surface area contributed by atoms with E-state index in [1.807, 2.05) is 0 Å². The van der Waals surface area contributed by atoms with Crippen molar-refractivity contribution in [2.45, 2.75) is 30.5 Å². The molecule has 0 saturated heterocycles. The fourth-order valence-electron chi connectivity index (χ4n) is 1.32. The van der Waals surface area contributed by atoms with Crippen LogP contribution >= 0.6 is 0 Å². The first-order valence-corrected chi connectivity index (χ1v) is 7.98. The second kappa shape index (κ2) is 11.3. The quantitative estimate of drug-likeness (QED) is 0.125. The van der Waals surface area contributed by atoms with Gasteiger partial charge in [0.2, 0.25) is 0 Å². The molecule has 0 aromatic rings. The molecule has 19 heavy (non-hydrogen) atoms. The highest BCUT2D eigenvalue weighted by Gasteiger charge is 2.16. The van der Waals surface area contributed by atoms with Gasteiger partial charge in [-0.05, 0) is 6.42 Å². The Morgan fingerprint density at radius 3 is 2.53 bits per heavy atom. The summed E-state index contributed by atoms with van der Waals surface area (Å²) in [7, 11) is -0.871. The number of carbonyl (C=O) groups is 1. The molecule has 0 bridgehead atoms. The third-order valence-corrected chi connectivity index (χ3v) is 3.82. The molecule has 0 rings (SSSR count). The Morgan fingerprint density at radius 2 is 2.00 bits per heavy atom. The van der Waals surface area contributed by atoms with Crippen molar-refractivity contribution in [3.63, 3.8) is 0 Å². The molecule has 0 aromatic heterocycles. The number of nitrogens with one attached hydrogen (secondary N) is 1. The average Bonchev–Trinajstić information content (AvgIpc) is 2.33. The van der Waals surface area contributed by atoms with Gasteiger partial charge in [-0.3, -0.25) is 10.1 Å². The van der Waals surface area contributed by atoms with Gasteiger partial charge in [-0.15, -0.1) is 0 Å². The Bertz CT molecular complexity index is 242. The number of aliphatic hydroxyl groups excluding tert-OH is 3. The zero-order valence-electron chi connectivity index (χ0n) is 10.7. The number of hydrogen-bond acceptors (Lipinski definition) is 7. The van der Waals surface area contributed by atoms with Crippen LogP contribution in [0.2, 0.25) is 6.04 Å². The molecule has 0 aliphatic heterocycles. The lowest BCUT2D eigenvalue weighted by atomic mass is 10.3. The number of aliphatic hydroxyl groups is 4. The molecule has 0 fully saturated rings. The highest BCUT2D eigenvalue weighted by Crippen LogP contribution is 1.94. The van der Waals surface area contributed by atoms with E-state index in [0.29, 0.717) is 13.0 Å². The Kier molecular flexibility index (Phi) is 11.0. The molecule has 0 amide bonds. The molecular formula is C10H23NO7Si. The first kappa shape index (κ1) is 18.4. The summed E-state index contributed by atoms with van der Waals surface area (Å²) >= 11 is 0. The molecule has 9 heteroatoms. The Hall–Kier alpha value is -0.553. The molecule has 0 aliphatic rings. The molecule has 1 unspecified atom stereocenters. The van der Waals surface area contributed by atoms with Crippen LogP contribution in [0.1, 0.15) is 6.42 Å². The molecule has 2 atom stereocenters. The van der Waals surface area contributed by atoms with Crippen molar-refractivity contribution < 1.29 is 35.1 Å². The van der Waals surface area contributed by atoms with E-state index in [0.717, 1.165) is 6.04 Å². The summed E-state index contributed by atoms with van der Waals surface area (Å²) in [5, 5.41) is 46.6. The molecule has 0 spiro atoms. The minimum absolute atomic E-state index is 0.0155. The zero-order chi connectivity index (χ0) is 14.7. The zero-order valence-corrected chi connectivity index (χ0v) is 12.1. The fourth-order valence-corrected chi connectivity index (χ4v) is 2.18. The number of hydrogen-bond donors (Lipinski definition) is 6. The van der Waals surface area contributed by atoms with Crippen LogP contribution < -0.4 is 5.32 Å². The van der Waals surface area contributed by atoms with Gasteiger partial charge in [0.15, 0.2) is 0 Å². The lowest BCUT2D eigenvalue weighted by molar-refractivity contribution is -0.140. The van der Waals surface area contributed by atoms with Gasteiger partial charge in [0.1, 0.15) is 12.0 Å². The van der Waals surface area contributed by atoms with Gasteiger partial charge < -0.3 is 30.3 Å². The molecule has 0 radical (unpaired) electrons. The summed E-state index contributed by atoms with van der Waals surface area (Å²) in [6.45, 7) is -0.0498. The maximum atomic E-state index is 10.6. The van der Waals surface area contributed by atoms with Crippen molar-refractivity contribution in [1.82, 2.24) is 5.32 Å². The van der Waals surface area contributed by atoms with Gasteiger partial charge in [-0.25, -0.2) is 0 Å². The van der Waals surface area contributed by atoms with Crippen molar-refractivity contribution in [1.29, 1.82) is 0 Å². The Morgan fingerprint density at radius 1 is 1.32 bits per heavy atom. The lowest BCUT2D eigenvalue weighted by Crippen LogP contribution is -2.44. The van der Waals surface area contributed by atoms with Crippen LogP contribution in [-0.2, 0) is 9.53 Å². The predicted molar refractivity (Wildman–Crippen MR) is 69.5 cm³/mol. The third kappa shape index (κ3) is 11.0. The van der Waals surface area contributed by atoms with Gasteiger partial charge in [0.05, 0.1) is 28.8 Å². The summed E-state index contributed by atoms with van der Waals surface area (Å²) in [6.07, 6.45) is -0.146. The largest absolute Gasteiger partial charge is 0.480 e. The van der Waals surface area contributed by atoms with Crippen LogP contribution in [0.5, 0.6) is 0 Å². The summed E-state index contributed by atoms with van der Waals surface area (Å²) < 4.78 is 5.16. The number of carboxylic acids is 1. The minimum Gasteiger partial charge on any atom is -0.480 e. The molecule has 114 valence electrons. The maximum absolute atomic E-state index is 10.6. The normalized spacial score (nSPS) is 15.2. The van der Waals surface area contributed by atoms with Crippen molar-refractivity contribution in [3.8, 4) is 0 Å². The highest BCUT2D eigenvalue weighted by molar-refractivity contribution is 6.36. The minimum atomic E-state index is -1.18. The molecule has 0 aromatic carbocycles. The van der Waals surface area contributed by atoms with Crippen LogP contribution in [0.25, 0.3) is 0 Å². The lowest BCUT2D eigenvalue weighted by Gasteiger charge is -2.15. The van der Waals surface area contributed by atoms with E-state index in [2.05, 4.69) is 5.32 Å². The monoisotopic (exact) mass is 297 g/mol. The third-order valence-electron chi connectivity index (χ3n) is 2.39. The topological polar surface area (TPSA) is 139 Å². The second-order valence-electron chi connectivity index (χ2n) is 4.19. The maximum Gasteiger partial charge on any atom is 0.323 e. The van der Waals surface area contributed by atoms with Gasteiger partial charge in [0.25, 0.3) is 0 Å². The van der Waals surface area contributed by atoms with E-state index < -0.39 is 40.2 Å². The summed E-state index contributed by atoms with van der Waals surface area (Å²) in [5.74, 6) is -2.34. The summed E-state index contributed by atoms with van der Waals surface area (Å²) in [6, 6.07) is -0.343. The highest BCUT2D eigenvalue weighted by atomic mass is 28.2. The van der Waals surface area contributed by atoms with Gasteiger partial charge in [-0.1, -0.05) is 6.04 Å². The fraction of sp³-hybridized carbons (Fsp3) is 0.900. The Labute approximate surface area is 113 Å². The second-order valence-corrected chi connectivity index (χ2v) is 6.20. The van der Waals surface area contributed by atoms with Crippen molar-refractivity contribution in [3.05, 3.63) is 0 Å². The molecule has 0 saturated carbocycles. The van der Waals surface area contributed by atoms with E-state index in [9.17, 15) is 9.90 Å². The molecule has 6 N–H and O–H groups in total. The predicted octanol–water partition coefficient (Wildman–Crippen LogP) is -3.36. The number of carboxylic acid groups (broad SMARTS) is 1. The van der Waals surface area contributed by atoms with E-state index in [4.69, 9.17) is 25.2 Å². The number of rotatable bonds is 12.